The molecule has 8 nitrogen and oxygen atoms in total. The first kappa shape index (κ1) is 16.6. The Morgan fingerprint density at radius 1 is 1.04 bits per heavy atom. The molecular weight excluding hydrogens is 350 g/mol. The molecule has 4 rings (SSSR count). The van der Waals surface area contributed by atoms with E-state index in [4.69, 9.17) is 18.2 Å². The highest BCUT2D eigenvalue weighted by molar-refractivity contribution is 5.92. The highest BCUT2D eigenvalue weighted by atomic mass is 16.5. The van der Waals surface area contributed by atoms with Crippen molar-refractivity contribution in [2.75, 3.05) is 7.11 Å². The number of rotatable bonds is 6. The molecule has 0 radical (unpaired) electrons. The Labute approximate surface area is 153 Å². The summed E-state index contributed by atoms with van der Waals surface area (Å²) in [4.78, 5) is 12.2. The van der Waals surface area contributed by atoms with Gasteiger partial charge in [-0.2, -0.15) is 0 Å². The van der Waals surface area contributed by atoms with Crippen molar-refractivity contribution in [3.63, 3.8) is 0 Å². The largest absolute Gasteiger partial charge is 0.497 e. The summed E-state index contributed by atoms with van der Waals surface area (Å²) in [5.41, 5.74) is 1.56. The first-order chi connectivity index (χ1) is 13.2. The molecule has 1 amide bonds. The van der Waals surface area contributed by atoms with Gasteiger partial charge in [0.1, 0.15) is 11.4 Å². The van der Waals surface area contributed by atoms with Gasteiger partial charge in [-0.3, -0.25) is 4.79 Å². The van der Waals surface area contributed by atoms with Gasteiger partial charge in [-0.15, -0.1) is 0 Å². The lowest BCUT2D eigenvalue weighted by molar-refractivity contribution is 0.0941. The number of nitrogens with one attached hydrogen (secondary N) is 1. The molecule has 0 spiro atoms. The fourth-order valence-electron chi connectivity index (χ4n) is 2.49. The van der Waals surface area contributed by atoms with Gasteiger partial charge in [-0.1, -0.05) is 22.4 Å². The molecule has 4 aromatic rings. The summed E-state index contributed by atoms with van der Waals surface area (Å²) < 4.78 is 20.9. The maximum absolute atomic E-state index is 12.2. The Morgan fingerprint density at radius 2 is 1.93 bits per heavy atom. The topological polar surface area (TPSA) is 104 Å². The molecule has 0 saturated carbocycles. The zero-order chi connectivity index (χ0) is 18.6. The molecule has 0 fully saturated rings. The third kappa shape index (κ3) is 3.59. The van der Waals surface area contributed by atoms with Gasteiger partial charge in [0.05, 0.1) is 19.9 Å². The van der Waals surface area contributed by atoms with Crippen LogP contribution in [0.15, 0.2) is 68.3 Å². The summed E-state index contributed by atoms with van der Waals surface area (Å²) in [6.45, 7) is 0.190. The van der Waals surface area contributed by atoms with Crippen molar-refractivity contribution < 1.29 is 23.0 Å². The average Bonchev–Trinajstić information content (AvgIpc) is 3.47. The summed E-state index contributed by atoms with van der Waals surface area (Å²) in [5, 5.41) is 10.4. The second-order valence-electron chi connectivity index (χ2n) is 5.65. The maximum atomic E-state index is 12.2. The third-order valence-corrected chi connectivity index (χ3v) is 3.85. The van der Waals surface area contributed by atoms with Gasteiger partial charge in [-0.05, 0) is 24.3 Å². The fraction of sp³-hybridized carbons (Fsp3) is 0.105. The molecule has 8 heteroatoms. The van der Waals surface area contributed by atoms with E-state index in [1.165, 1.54) is 12.3 Å². The summed E-state index contributed by atoms with van der Waals surface area (Å²) in [6, 6.07) is 14.1. The Morgan fingerprint density at radius 3 is 2.74 bits per heavy atom. The number of nitrogens with zero attached hydrogens (tertiary/aromatic N) is 2. The van der Waals surface area contributed by atoms with Crippen LogP contribution in [-0.4, -0.2) is 23.3 Å². The molecule has 0 aliphatic heterocycles. The van der Waals surface area contributed by atoms with Crippen molar-refractivity contribution in [3.8, 4) is 28.6 Å². The molecule has 3 heterocycles. The van der Waals surface area contributed by atoms with Crippen molar-refractivity contribution in [3.05, 3.63) is 66.2 Å². The summed E-state index contributed by atoms with van der Waals surface area (Å²) in [6.07, 6.45) is 1.52. The van der Waals surface area contributed by atoms with Crippen LogP contribution in [0.2, 0.25) is 0 Å². The van der Waals surface area contributed by atoms with E-state index in [9.17, 15) is 4.79 Å². The minimum Gasteiger partial charge on any atom is -0.497 e. The minimum atomic E-state index is -0.387. The second-order valence-corrected chi connectivity index (χ2v) is 5.65. The molecule has 0 unspecified atom stereocenters. The van der Waals surface area contributed by atoms with Crippen LogP contribution in [0.25, 0.3) is 22.8 Å². The van der Waals surface area contributed by atoms with Gasteiger partial charge >= 0.3 is 0 Å². The predicted octanol–water partition coefficient (Wildman–Crippen LogP) is 3.53. The molecule has 3 aromatic heterocycles. The number of ether oxygens (including phenoxy) is 1. The van der Waals surface area contributed by atoms with E-state index >= 15 is 0 Å². The molecule has 0 bridgehead atoms. The van der Waals surface area contributed by atoms with Gasteiger partial charge in [0, 0.05) is 17.7 Å². The van der Waals surface area contributed by atoms with Gasteiger partial charge < -0.3 is 23.5 Å². The number of aromatic nitrogens is 2. The number of carbonyl (C=O) groups excluding carboxylic acids is 1. The van der Waals surface area contributed by atoms with Crippen molar-refractivity contribution >= 4 is 5.91 Å². The molecule has 1 N–H and O–H groups in total. The minimum absolute atomic E-state index is 0.151. The van der Waals surface area contributed by atoms with Crippen molar-refractivity contribution in [2.45, 2.75) is 6.54 Å². The monoisotopic (exact) mass is 365 g/mol. The van der Waals surface area contributed by atoms with Crippen LogP contribution in [0.5, 0.6) is 5.75 Å². The van der Waals surface area contributed by atoms with Gasteiger partial charge in [-0.25, -0.2) is 0 Å². The quantitative estimate of drug-likeness (QED) is 0.557. The van der Waals surface area contributed by atoms with Crippen LogP contribution in [-0.2, 0) is 6.54 Å². The van der Waals surface area contributed by atoms with Crippen molar-refractivity contribution in [1.29, 1.82) is 0 Å². The molecule has 0 aliphatic rings. The van der Waals surface area contributed by atoms with Gasteiger partial charge in [0.25, 0.3) is 5.91 Å². The highest BCUT2D eigenvalue weighted by Crippen LogP contribution is 2.24. The second kappa shape index (κ2) is 7.20. The van der Waals surface area contributed by atoms with E-state index < -0.39 is 0 Å². The standard InChI is InChI=1S/C19H15N3O5/c1-24-14-5-2-4-12(8-14)17-9-13(21-26-17)11-20-19(23)15-10-18(27-22-15)16-6-3-7-25-16/h2-10H,11H2,1H3,(H,20,23). The molecular formula is C19H15N3O5. The lowest BCUT2D eigenvalue weighted by atomic mass is 10.1. The molecule has 136 valence electrons. The van der Waals surface area contributed by atoms with E-state index in [1.807, 2.05) is 24.3 Å². The fourth-order valence-corrected chi connectivity index (χ4v) is 2.49. The van der Waals surface area contributed by atoms with Crippen LogP contribution in [0.3, 0.4) is 0 Å². The van der Waals surface area contributed by atoms with Crippen LogP contribution in [0.4, 0.5) is 0 Å². The van der Waals surface area contributed by atoms with Crippen LogP contribution in [0, 0.1) is 0 Å². The summed E-state index contributed by atoms with van der Waals surface area (Å²) in [7, 11) is 1.60. The summed E-state index contributed by atoms with van der Waals surface area (Å²) in [5.74, 6) is 1.80. The molecule has 0 saturated heterocycles. The third-order valence-electron chi connectivity index (χ3n) is 3.85. The van der Waals surface area contributed by atoms with Crippen LogP contribution < -0.4 is 10.1 Å². The lowest BCUT2D eigenvalue weighted by Gasteiger charge is -2.00. The SMILES string of the molecule is COc1cccc(-c2cc(CNC(=O)c3cc(-c4ccco4)on3)no2)c1. The zero-order valence-corrected chi connectivity index (χ0v) is 14.3. The van der Waals surface area contributed by atoms with Crippen molar-refractivity contribution in [1.82, 2.24) is 15.6 Å². The number of amides is 1. The first-order valence-electron chi connectivity index (χ1n) is 8.12. The van der Waals surface area contributed by atoms with Crippen molar-refractivity contribution in [2.24, 2.45) is 0 Å². The Hall–Kier alpha value is -3.81. The first-order valence-corrected chi connectivity index (χ1v) is 8.12. The van der Waals surface area contributed by atoms with E-state index in [0.29, 0.717) is 23.0 Å². The lowest BCUT2D eigenvalue weighted by Crippen LogP contribution is -2.23. The number of hydrogen-bond donors (Lipinski definition) is 1. The van der Waals surface area contributed by atoms with Gasteiger partial charge in [0.15, 0.2) is 17.2 Å². The van der Waals surface area contributed by atoms with E-state index in [2.05, 4.69) is 15.6 Å². The van der Waals surface area contributed by atoms with Crippen LogP contribution in [0.1, 0.15) is 16.2 Å². The predicted molar refractivity (Wildman–Crippen MR) is 93.9 cm³/mol. The molecule has 0 aliphatic carbocycles. The molecule has 0 atom stereocenters. The number of furan rings is 1. The highest BCUT2D eigenvalue weighted by Gasteiger charge is 2.16. The molecule has 27 heavy (non-hydrogen) atoms. The van der Waals surface area contributed by atoms with Crippen LogP contribution >= 0.6 is 0 Å². The number of benzene rings is 1. The van der Waals surface area contributed by atoms with Gasteiger partial charge in [0.2, 0.25) is 5.76 Å². The Balaban J connectivity index is 1.40. The Kier molecular flexibility index (Phi) is 4.44. The van der Waals surface area contributed by atoms with E-state index in [0.717, 1.165) is 11.3 Å². The maximum Gasteiger partial charge on any atom is 0.273 e. The van der Waals surface area contributed by atoms with E-state index in [1.54, 1.807) is 25.3 Å². The van der Waals surface area contributed by atoms with E-state index in [-0.39, 0.29) is 18.1 Å². The average molecular weight is 365 g/mol. The number of methoxy groups -OCH3 is 1. The number of carbonyl (C=O) groups is 1. The Bertz CT molecular complexity index is 1050. The summed E-state index contributed by atoms with van der Waals surface area (Å²) >= 11 is 0. The smallest absolute Gasteiger partial charge is 0.273 e. The molecule has 1 aromatic carbocycles. The number of hydrogen-bond acceptors (Lipinski definition) is 7. The normalized spacial score (nSPS) is 10.7. The zero-order valence-electron chi connectivity index (χ0n) is 14.3.